The van der Waals surface area contributed by atoms with Gasteiger partial charge in [0.1, 0.15) is 54.1 Å². The Morgan fingerprint density at radius 1 is 0.707 bits per heavy atom. The molecule has 492 valence electrons. The fourth-order valence-corrected chi connectivity index (χ4v) is 10.5. The van der Waals surface area contributed by atoms with Gasteiger partial charge in [0.25, 0.3) is 11.8 Å². The SMILES string of the molecule is C=CC(=O)OCC(C)(C)C(=O)C(=O)N1CCCC[C@H]1C(=O)O[C@H](CCc1cc(OC)c(OC)cc1OC)c1cccc(OCC(=O)N(C)[C@@H](Cc2ccc(O)cc2)C(=O)N[C@H](CCc2ccccc2)C(=O)N(C)CC(=O)N[C@H](Cc2ccccc2)C(=O)N(C)CC)c1. The maximum atomic E-state index is 14.9. The van der Waals surface area contributed by atoms with Crippen LogP contribution in [0.3, 0.4) is 0 Å². The quantitative estimate of drug-likeness (QED) is 0.0228. The third-order valence-corrected chi connectivity index (χ3v) is 16.1. The zero-order valence-corrected chi connectivity index (χ0v) is 54.0. The van der Waals surface area contributed by atoms with Crippen molar-refractivity contribution in [3.05, 3.63) is 162 Å². The third-order valence-electron chi connectivity index (χ3n) is 16.1. The number of likely N-dealkylation sites (N-methyl/N-ethyl adjacent to an activating group) is 3. The highest BCUT2D eigenvalue weighted by Crippen LogP contribution is 2.37. The summed E-state index contributed by atoms with van der Waals surface area (Å²) in [6.07, 6.45) is 2.18. The molecule has 1 aliphatic heterocycles. The lowest BCUT2D eigenvalue weighted by Gasteiger charge is -2.36. The van der Waals surface area contributed by atoms with Crippen LogP contribution in [0.4, 0.5) is 0 Å². The van der Waals surface area contributed by atoms with Gasteiger partial charge in [-0.2, -0.15) is 0 Å². The molecule has 1 saturated heterocycles. The highest BCUT2D eigenvalue weighted by molar-refractivity contribution is 6.38. The molecule has 0 radical (unpaired) electrons. The predicted molar refractivity (Wildman–Crippen MR) is 343 cm³/mol. The van der Waals surface area contributed by atoms with Crippen molar-refractivity contribution in [3.63, 3.8) is 0 Å². The van der Waals surface area contributed by atoms with Crippen LogP contribution in [0.15, 0.2) is 134 Å². The number of nitrogens with one attached hydrogen (secondary N) is 2. The molecule has 5 aromatic rings. The fourth-order valence-electron chi connectivity index (χ4n) is 10.5. The number of ether oxygens (including phenoxy) is 6. The number of phenols is 1. The fraction of sp³-hybridized carbons (Fsp3) is 0.414. The molecule has 0 aliphatic carbocycles. The average Bonchev–Trinajstić information content (AvgIpc) is 1.22. The van der Waals surface area contributed by atoms with E-state index in [1.165, 1.54) is 81.0 Å². The first-order chi connectivity index (χ1) is 44.0. The van der Waals surface area contributed by atoms with E-state index in [1.807, 2.05) is 67.6 Å². The van der Waals surface area contributed by atoms with Crippen LogP contribution >= 0.6 is 0 Å². The summed E-state index contributed by atoms with van der Waals surface area (Å²) in [6, 6.07) is 30.1. The van der Waals surface area contributed by atoms with Crippen molar-refractivity contribution in [1.82, 2.24) is 30.2 Å². The molecule has 6 rings (SSSR count). The normalized spacial score (nSPS) is 14.1. The second-order valence-corrected chi connectivity index (χ2v) is 23.2. The monoisotopic (exact) mass is 1270 g/mol. The minimum Gasteiger partial charge on any atom is -0.508 e. The topological polar surface area (TPSA) is 266 Å². The summed E-state index contributed by atoms with van der Waals surface area (Å²) in [5.41, 5.74) is 1.95. The Morgan fingerprint density at radius 3 is 1.98 bits per heavy atom. The Bertz CT molecular complexity index is 3360. The molecule has 0 aromatic heterocycles. The molecule has 92 heavy (non-hydrogen) atoms. The number of amides is 6. The lowest BCUT2D eigenvalue weighted by Crippen LogP contribution is -2.56. The number of aryl methyl sites for hydroxylation is 2. The molecule has 5 aromatic carbocycles. The molecular weight excluding hydrogens is 1180 g/mol. The maximum Gasteiger partial charge on any atom is 0.330 e. The number of methoxy groups -OCH3 is 3. The van der Waals surface area contributed by atoms with E-state index in [2.05, 4.69) is 17.2 Å². The lowest BCUT2D eigenvalue weighted by atomic mass is 9.87. The molecule has 5 atom stereocenters. The minimum absolute atomic E-state index is 0.0246. The second kappa shape index (κ2) is 34.5. The number of aromatic hydroxyl groups is 1. The van der Waals surface area contributed by atoms with Crippen LogP contribution in [0.2, 0.25) is 0 Å². The zero-order valence-electron chi connectivity index (χ0n) is 54.0. The highest BCUT2D eigenvalue weighted by atomic mass is 16.5. The number of hydrogen-bond donors (Lipinski definition) is 3. The van der Waals surface area contributed by atoms with E-state index in [9.17, 15) is 48.3 Å². The van der Waals surface area contributed by atoms with E-state index in [0.717, 1.165) is 17.2 Å². The van der Waals surface area contributed by atoms with Crippen molar-refractivity contribution < 1.29 is 76.7 Å². The number of likely N-dealkylation sites (tertiary alicyclic amines) is 1. The summed E-state index contributed by atoms with van der Waals surface area (Å²) in [4.78, 5) is 130. The number of Topliss-reactive ketones (excluding diaryl/α,β-unsaturated/α-hetero) is 1. The number of piperidine rings is 1. The molecule has 0 spiro atoms. The summed E-state index contributed by atoms with van der Waals surface area (Å²) in [5.74, 6) is -4.70. The number of benzene rings is 5. The Labute approximate surface area is 538 Å². The predicted octanol–water partition coefficient (Wildman–Crippen LogP) is 6.57. The van der Waals surface area contributed by atoms with Gasteiger partial charge in [-0.1, -0.05) is 91.5 Å². The number of carbonyl (C=O) groups is 9. The third kappa shape index (κ3) is 20.1. The van der Waals surface area contributed by atoms with E-state index in [-0.39, 0.29) is 62.5 Å². The molecule has 1 aliphatic rings. The summed E-state index contributed by atoms with van der Waals surface area (Å²) in [7, 11) is 8.99. The van der Waals surface area contributed by atoms with Gasteiger partial charge in [-0.3, -0.25) is 33.6 Å². The van der Waals surface area contributed by atoms with Gasteiger partial charge in [-0.25, -0.2) is 9.59 Å². The van der Waals surface area contributed by atoms with Gasteiger partial charge in [-0.05, 0) is 124 Å². The van der Waals surface area contributed by atoms with Crippen molar-refractivity contribution in [2.24, 2.45) is 5.41 Å². The standard InChI is InChI=1S/C70H86N6O16/c1-11-63(80)91-45-70(3,4)64(81)68(85)76-37-20-19-28-55(76)69(86)92-57(36-32-50-41-59(88-9)60(89-10)42-58(50)87-8)49-26-21-27-52(40-49)90-44-62(79)75(7)56(39-48-29-33-51(77)34-30-48)65(82)72-53(35-31-46-22-15-13-16-23-46)66(83)74(6)43-61(78)71-54(67(84)73(5)12-2)38-47-24-17-14-18-25-47/h11,13-18,21-27,29-30,33-34,40-42,53-57,77H,1,12,19-20,28,31-32,35-39,43-45H2,2-10H3,(H,71,78)(H,72,82)/t53-,54-,55+,56+,57-/m1/s1. The average molecular weight is 1270 g/mol. The van der Waals surface area contributed by atoms with Crippen LogP contribution in [0, 0.1) is 5.41 Å². The molecule has 22 nitrogen and oxygen atoms in total. The number of ketones is 1. The van der Waals surface area contributed by atoms with Gasteiger partial charge < -0.3 is 63.8 Å². The Kier molecular flexibility index (Phi) is 26.7. The van der Waals surface area contributed by atoms with E-state index in [1.54, 1.807) is 55.6 Å². The summed E-state index contributed by atoms with van der Waals surface area (Å²) >= 11 is 0. The highest BCUT2D eigenvalue weighted by Gasteiger charge is 2.43. The zero-order chi connectivity index (χ0) is 67.1. The van der Waals surface area contributed by atoms with Crippen molar-refractivity contribution in [2.75, 3.05) is 75.3 Å². The summed E-state index contributed by atoms with van der Waals surface area (Å²) in [6.45, 7) is 7.18. The Hall–Kier alpha value is -9.73. The number of carbonyl (C=O) groups excluding carboxylic acids is 9. The Balaban J connectivity index is 1.24. The summed E-state index contributed by atoms with van der Waals surface area (Å²) < 4.78 is 34.5. The van der Waals surface area contributed by atoms with Crippen LogP contribution in [-0.4, -0.2) is 177 Å². The van der Waals surface area contributed by atoms with E-state index in [0.29, 0.717) is 59.7 Å². The van der Waals surface area contributed by atoms with Crippen LogP contribution in [0.5, 0.6) is 28.7 Å². The molecule has 6 amide bonds. The molecule has 22 heteroatoms. The van der Waals surface area contributed by atoms with Gasteiger partial charge in [0.15, 0.2) is 18.1 Å². The van der Waals surface area contributed by atoms with Crippen molar-refractivity contribution in [1.29, 1.82) is 0 Å². The van der Waals surface area contributed by atoms with Crippen molar-refractivity contribution in [2.45, 2.75) is 109 Å². The largest absolute Gasteiger partial charge is 0.508 e. The van der Waals surface area contributed by atoms with Crippen LogP contribution < -0.4 is 29.6 Å². The van der Waals surface area contributed by atoms with Crippen LogP contribution in [0.1, 0.15) is 86.8 Å². The molecule has 3 N–H and O–H groups in total. The van der Waals surface area contributed by atoms with Crippen LogP contribution in [0.25, 0.3) is 0 Å². The number of phenolic OH excluding ortho intramolecular Hbond substituents is 1. The smallest absolute Gasteiger partial charge is 0.330 e. The van der Waals surface area contributed by atoms with Gasteiger partial charge in [0.05, 0.1) is 33.3 Å². The van der Waals surface area contributed by atoms with Gasteiger partial charge in [0, 0.05) is 59.2 Å². The minimum atomic E-state index is -1.43. The van der Waals surface area contributed by atoms with E-state index >= 15 is 0 Å². The van der Waals surface area contributed by atoms with E-state index < -0.39 is 103 Å². The first-order valence-corrected chi connectivity index (χ1v) is 30.6. The van der Waals surface area contributed by atoms with Gasteiger partial charge >= 0.3 is 11.9 Å². The Morgan fingerprint density at radius 2 is 1.34 bits per heavy atom. The first kappa shape index (κ1) is 71.3. The molecule has 0 bridgehead atoms. The molecule has 0 unspecified atom stereocenters. The number of rotatable bonds is 33. The van der Waals surface area contributed by atoms with Crippen LogP contribution in [-0.2, 0) is 78.3 Å². The van der Waals surface area contributed by atoms with Gasteiger partial charge in [-0.15, -0.1) is 0 Å². The number of hydrogen-bond acceptors (Lipinski definition) is 16. The first-order valence-electron chi connectivity index (χ1n) is 30.6. The molecular formula is C70H86N6O16. The maximum absolute atomic E-state index is 14.9. The second-order valence-electron chi connectivity index (χ2n) is 23.2. The molecule has 0 saturated carbocycles. The van der Waals surface area contributed by atoms with Crippen molar-refractivity contribution in [3.8, 4) is 28.7 Å². The number of nitrogens with zero attached hydrogens (tertiary/aromatic N) is 4. The lowest BCUT2D eigenvalue weighted by molar-refractivity contribution is -0.165. The van der Waals surface area contributed by atoms with Crippen molar-refractivity contribution >= 4 is 53.2 Å². The summed E-state index contributed by atoms with van der Waals surface area (Å²) in [5, 5.41) is 15.9. The molecule has 1 heterocycles. The van der Waals surface area contributed by atoms with Gasteiger partial charge in [0.2, 0.25) is 29.4 Å². The molecule has 1 fully saturated rings. The number of esters is 2. The van der Waals surface area contributed by atoms with E-state index in [4.69, 9.17) is 28.4 Å².